The van der Waals surface area contributed by atoms with Gasteiger partial charge in [-0.25, -0.2) is 9.55 Å². The molecule has 2 aliphatic heterocycles. The SMILES string of the molecule is Cc1c[n+](CC2(C(=O)O)CS[C@@H]3C(N)C(=O)N3C2)cc(C)n1. The summed E-state index contributed by atoms with van der Waals surface area (Å²) in [6, 6.07) is -0.491. The lowest BCUT2D eigenvalue weighted by atomic mass is 9.87. The second-order valence-electron chi connectivity index (χ2n) is 6.10. The number of hydrogen-bond acceptors (Lipinski definition) is 5. The summed E-state index contributed by atoms with van der Waals surface area (Å²) >= 11 is 1.46. The molecular weight excluding hydrogens is 304 g/mol. The molecule has 3 atom stereocenters. The second-order valence-corrected chi connectivity index (χ2v) is 7.21. The molecule has 7 nitrogen and oxygen atoms in total. The summed E-state index contributed by atoms with van der Waals surface area (Å²) in [6.45, 7) is 4.27. The Labute approximate surface area is 132 Å². The summed E-state index contributed by atoms with van der Waals surface area (Å²) in [4.78, 5) is 29.6. The van der Waals surface area contributed by atoms with Crippen molar-refractivity contribution < 1.29 is 19.3 Å². The molecule has 2 aliphatic rings. The number of nitrogens with two attached hydrogens (primary N) is 1. The summed E-state index contributed by atoms with van der Waals surface area (Å²) in [7, 11) is 0. The van der Waals surface area contributed by atoms with Gasteiger partial charge in [-0.2, -0.15) is 0 Å². The molecule has 8 heteroatoms. The highest BCUT2D eigenvalue weighted by Crippen LogP contribution is 2.41. The van der Waals surface area contributed by atoms with Crippen LogP contribution in [0.4, 0.5) is 0 Å². The van der Waals surface area contributed by atoms with Gasteiger partial charge in [-0.05, 0) is 13.8 Å². The standard InChI is InChI=1S/C14H18N4O3S/c1-8-3-17(4-9(2)16-8)5-14(13(20)21)6-18-11(19)10(15)12(18)22-7-14/h3-4,10,12H,5-7,15H2,1-2H3/p+1/t10?,12-,14?/m1/s1. The van der Waals surface area contributed by atoms with E-state index in [4.69, 9.17) is 5.73 Å². The van der Waals surface area contributed by atoms with Crippen LogP contribution in [0, 0.1) is 19.3 Å². The topological polar surface area (TPSA) is 100 Å². The number of thioether (sulfide) groups is 1. The number of aliphatic carboxylic acids is 1. The number of β-lactam (4-membered cyclic amide) rings is 1. The number of hydrogen-bond donors (Lipinski definition) is 2. The Morgan fingerprint density at radius 1 is 1.55 bits per heavy atom. The van der Waals surface area contributed by atoms with E-state index in [9.17, 15) is 14.7 Å². The molecule has 0 aromatic carbocycles. The third kappa shape index (κ3) is 2.36. The van der Waals surface area contributed by atoms with Gasteiger partial charge in [0.05, 0.1) is 0 Å². The third-order valence-corrected chi connectivity index (χ3v) is 5.79. The van der Waals surface area contributed by atoms with Gasteiger partial charge in [0.2, 0.25) is 5.91 Å². The summed E-state index contributed by atoms with van der Waals surface area (Å²) in [5.41, 5.74) is 6.44. The number of amides is 1. The first-order valence-electron chi connectivity index (χ1n) is 7.08. The molecule has 3 N–H and O–H groups in total. The van der Waals surface area contributed by atoms with Crippen LogP contribution in [-0.2, 0) is 16.1 Å². The average Bonchev–Trinajstić information content (AvgIpc) is 2.45. The maximum atomic E-state index is 11.9. The first kappa shape index (κ1) is 15.2. The zero-order chi connectivity index (χ0) is 16.1. The maximum Gasteiger partial charge on any atom is 0.318 e. The van der Waals surface area contributed by atoms with E-state index < -0.39 is 17.4 Å². The van der Waals surface area contributed by atoms with E-state index in [1.54, 1.807) is 4.90 Å². The van der Waals surface area contributed by atoms with E-state index in [0.717, 1.165) is 11.4 Å². The van der Waals surface area contributed by atoms with Crippen LogP contribution in [0.15, 0.2) is 12.4 Å². The van der Waals surface area contributed by atoms with Crippen molar-refractivity contribution in [3.63, 3.8) is 0 Å². The number of carboxylic acids is 1. The molecule has 1 amide bonds. The fourth-order valence-electron chi connectivity index (χ4n) is 3.12. The van der Waals surface area contributed by atoms with Crippen molar-refractivity contribution in [2.45, 2.75) is 31.8 Å². The fraction of sp³-hybridized carbons (Fsp3) is 0.571. The van der Waals surface area contributed by atoms with E-state index in [-0.39, 0.29) is 17.8 Å². The average molecular weight is 323 g/mol. The minimum atomic E-state index is -0.998. The van der Waals surface area contributed by atoms with E-state index in [2.05, 4.69) is 4.98 Å². The Hall–Kier alpha value is -1.67. The highest BCUT2D eigenvalue weighted by molar-refractivity contribution is 8.00. The monoisotopic (exact) mass is 323 g/mol. The quantitative estimate of drug-likeness (QED) is 0.563. The van der Waals surface area contributed by atoms with Gasteiger partial charge < -0.3 is 15.7 Å². The maximum absolute atomic E-state index is 11.9. The molecule has 1 aromatic heterocycles. The number of carbonyl (C=O) groups excluding carboxylic acids is 1. The zero-order valence-corrected chi connectivity index (χ0v) is 13.3. The summed E-state index contributed by atoms with van der Waals surface area (Å²) in [5.74, 6) is -0.598. The number of carbonyl (C=O) groups is 2. The van der Waals surface area contributed by atoms with Gasteiger partial charge in [0.1, 0.15) is 22.8 Å². The van der Waals surface area contributed by atoms with Crippen molar-refractivity contribution in [3.8, 4) is 0 Å². The minimum Gasteiger partial charge on any atom is -0.481 e. The van der Waals surface area contributed by atoms with Gasteiger partial charge in [-0.3, -0.25) is 9.59 Å². The van der Waals surface area contributed by atoms with Gasteiger partial charge in [-0.1, -0.05) is 0 Å². The normalized spacial score (nSPS) is 30.7. The highest BCUT2D eigenvalue weighted by atomic mass is 32.2. The molecule has 2 fully saturated rings. The van der Waals surface area contributed by atoms with E-state index in [1.165, 1.54) is 11.8 Å². The van der Waals surface area contributed by atoms with Gasteiger partial charge in [0, 0.05) is 12.3 Å². The third-order valence-electron chi connectivity index (χ3n) is 4.18. The first-order valence-corrected chi connectivity index (χ1v) is 8.13. The predicted octanol–water partition coefficient (Wildman–Crippen LogP) is -0.701. The second kappa shape index (κ2) is 5.20. The van der Waals surface area contributed by atoms with E-state index >= 15 is 0 Å². The Morgan fingerprint density at radius 2 is 2.18 bits per heavy atom. The number of aryl methyl sites for hydroxylation is 2. The Morgan fingerprint density at radius 3 is 2.77 bits per heavy atom. The smallest absolute Gasteiger partial charge is 0.318 e. The van der Waals surface area contributed by atoms with Gasteiger partial charge in [0.25, 0.3) is 0 Å². The van der Waals surface area contributed by atoms with Crippen LogP contribution in [0.2, 0.25) is 0 Å². The highest BCUT2D eigenvalue weighted by Gasteiger charge is 2.57. The Kier molecular flexibility index (Phi) is 3.60. The number of rotatable bonds is 3. The lowest BCUT2D eigenvalue weighted by Crippen LogP contribution is -2.73. The van der Waals surface area contributed by atoms with E-state index in [0.29, 0.717) is 12.3 Å². The molecule has 0 spiro atoms. The number of fused-ring (bicyclic) bond motifs is 1. The van der Waals surface area contributed by atoms with E-state index in [1.807, 2.05) is 30.8 Å². The molecule has 3 heterocycles. The largest absolute Gasteiger partial charge is 0.481 e. The predicted molar refractivity (Wildman–Crippen MR) is 79.9 cm³/mol. The fourth-order valence-corrected chi connectivity index (χ4v) is 4.59. The summed E-state index contributed by atoms with van der Waals surface area (Å²) < 4.78 is 1.86. The first-order chi connectivity index (χ1) is 10.3. The lowest BCUT2D eigenvalue weighted by molar-refractivity contribution is -0.707. The molecular formula is C14H19N4O3S+. The van der Waals surface area contributed by atoms with Gasteiger partial charge >= 0.3 is 5.97 Å². The van der Waals surface area contributed by atoms with Crippen LogP contribution in [0.3, 0.4) is 0 Å². The molecule has 22 heavy (non-hydrogen) atoms. The molecule has 118 valence electrons. The van der Waals surface area contributed by atoms with Gasteiger partial charge in [-0.15, -0.1) is 11.8 Å². The zero-order valence-electron chi connectivity index (χ0n) is 12.5. The van der Waals surface area contributed by atoms with Gasteiger partial charge in [0.15, 0.2) is 24.4 Å². The molecule has 0 saturated carbocycles. The Balaban J connectivity index is 1.87. The molecule has 1 aromatic rings. The molecule has 0 aliphatic carbocycles. The van der Waals surface area contributed by atoms with Crippen molar-refractivity contribution in [1.29, 1.82) is 0 Å². The number of nitrogens with zero attached hydrogens (tertiary/aromatic N) is 3. The Bertz CT molecular complexity index is 633. The van der Waals surface area contributed by atoms with Crippen LogP contribution >= 0.6 is 11.8 Å². The van der Waals surface area contributed by atoms with Crippen molar-refractivity contribution in [2.24, 2.45) is 11.1 Å². The summed E-state index contributed by atoms with van der Waals surface area (Å²) in [6.07, 6.45) is 3.66. The van der Waals surface area contributed by atoms with Crippen LogP contribution in [0.1, 0.15) is 11.4 Å². The molecule has 2 saturated heterocycles. The van der Waals surface area contributed by atoms with Crippen molar-refractivity contribution in [2.75, 3.05) is 12.3 Å². The molecule has 3 rings (SSSR count). The number of carboxylic acid groups (broad SMARTS) is 1. The molecule has 0 radical (unpaired) electrons. The van der Waals surface area contributed by atoms with Crippen molar-refractivity contribution in [1.82, 2.24) is 9.88 Å². The molecule has 2 unspecified atom stereocenters. The summed E-state index contributed by atoms with van der Waals surface area (Å²) in [5, 5.41) is 9.68. The van der Waals surface area contributed by atoms with Crippen LogP contribution in [0.5, 0.6) is 0 Å². The molecule has 0 bridgehead atoms. The van der Waals surface area contributed by atoms with Crippen LogP contribution in [-0.4, -0.2) is 50.6 Å². The van der Waals surface area contributed by atoms with Crippen LogP contribution in [0.25, 0.3) is 0 Å². The van der Waals surface area contributed by atoms with Crippen molar-refractivity contribution in [3.05, 3.63) is 23.8 Å². The number of aromatic nitrogens is 2. The van der Waals surface area contributed by atoms with Crippen molar-refractivity contribution >= 4 is 23.6 Å². The van der Waals surface area contributed by atoms with Crippen LogP contribution < -0.4 is 10.3 Å². The lowest BCUT2D eigenvalue weighted by Gasteiger charge is -2.51. The minimum absolute atomic E-state index is 0.0779.